The Morgan fingerprint density at radius 2 is 1.86 bits per heavy atom. The third kappa shape index (κ3) is 3.48. The summed E-state index contributed by atoms with van der Waals surface area (Å²) < 4.78 is 10.0. The molecule has 0 spiro atoms. The summed E-state index contributed by atoms with van der Waals surface area (Å²) in [6.07, 6.45) is 7.06. The first-order valence-corrected chi connectivity index (χ1v) is 10.7. The van der Waals surface area contributed by atoms with Crippen molar-refractivity contribution in [3.8, 4) is 5.75 Å². The number of hydrogen-bond acceptors (Lipinski definition) is 4. The molecule has 0 aliphatic carbocycles. The third-order valence-corrected chi connectivity index (χ3v) is 5.20. The van der Waals surface area contributed by atoms with E-state index in [4.69, 9.17) is 14.7 Å². The van der Waals surface area contributed by atoms with Gasteiger partial charge in [0.05, 0.1) is 11.0 Å². The zero-order chi connectivity index (χ0) is 20.4. The number of carbonyl (C=O) groups is 1. The van der Waals surface area contributed by atoms with E-state index in [1.54, 1.807) is 0 Å². The second-order valence-corrected chi connectivity index (χ2v) is 7.50. The molecule has 0 amide bonds. The molecule has 0 unspecified atom stereocenters. The largest absolute Gasteiger partial charge is 0.424 e. The lowest BCUT2D eigenvalue weighted by atomic mass is 10.2. The van der Waals surface area contributed by atoms with Gasteiger partial charge in [0.2, 0.25) is 0 Å². The predicted molar refractivity (Wildman–Crippen MR) is 115 cm³/mol. The first-order valence-electron chi connectivity index (χ1n) is 10.7. The number of fused-ring (bicyclic) bond motifs is 5. The Morgan fingerprint density at radius 1 is 1.03 bits per heavy atom. The zero-order valence-electron chi connectivity index (χ0n) is 17.4. The average Bonchev–Trinajstić information content (AvgIpc) is 3.25. The number of ether oxygens (including phenoxy) is 1. The van der Waals surface area contributed by atoms with E-state index in [-0.39, 0.29) is 5.97 Å². The molecule has 6 heteroatoms. The Bertz CT molecular complexity index is 1170. The number of para-hydroxylation sites is 2. The number of carbonyl (C=O) groups excluding carboxylic acids is 1. The number of nitrogens with zero attached hydrogens (tertiary/aromatic N) is 4. The Morgan fingerprint density at radius 3 is 2.62 bits per heavy atom. The number of aromatic nitrogens is 4. The van der Waals surface area contributed by atoms with Crippen LogP contribution in [0, 0.1) is 0 Å². The van der Waals surface area contributed by atoms with Crippen molar-refractivity contribution >= 4 is 33.7 Å². The van der Waals surface area contributed by atoms with Crippen molar-refractivity contribution in [1.82, 2.24) is 18.9 Å². The quantitative estimate of drug-likeness (QED) is 0.382. The Balaban J connectivity index is 2.03. The smallest absolute Gasteiger partial charge is 0.311 e. The first kappa shape index (κ1) is 19.4. The van der Waals surface area contributed by atoms with Gasteiger partial charge < -0.3 is 9.30 Å². The highest BCUT2D eigenvalue weighted by molar-refractivity contribution is 6.00. The first-order chi connectivity index (χ1) is 14.2. The fourth-order valence-electron chi connectivity index (χ4n) is 3.82. The molecule has 4 rings (SSSR count). The van der Waals surface area contributed by atoms with E-state index in [1.165, 1.54) is 0 Å². The SMILES string of the molecule is CCCCn1cc(OC(=O)CCC)c2c1nc(CCC)n1c3ccccc3nc21. The molecule has 0 N–H and O–H groups in total. The van der Waals surface area contributed by atoms with Gasteiger partial charge in [-0.15, -0.1) is 0 Å². The summed E-state index contributed by atoms with van der Waals surface area (Å²) in [7, 11) is 0. The molecule has 4 aromatic rings. The third-order valence-electron chi connectivity index (χ3n) is 5.20. The van der Waals surface area contributed by atoms with E-state index < -0.39 is 0 Å². The number of aryl methyl sites for hydroxylation is 2. The van der Waals surface area contributed by atoms with E-state index in [0.717, 1.165) is 72.2 Å². The second-order valence-electron chi connectivity index (χ2n) is 7.50. The standard InChI is InChI=1S/C23H28N4O2/c1-4-7-14-26-15-18(29-20(28)11-6-3)21-22(26)25-19(10-5-2)27-17-13-9-8-12-16(17)24-23(21)27/h8-9,12-13,15H,4-7,10-11,14H2,1-3H3. The fourth-order valence-corrected chi connectivity index (χ4v) is 3.82. The van der Waals surface area contributed by atoms with E-state index >= 15 is 0 Å². The number of hydrogen-bond donors (Lipinski definition) is 0. The molecular formula is C23H28N4O2. The summed E-state index contributed by atoms with van der Waals surface area (Å²) in [5.41, 5.74) is 3.62. The number of esters is 1. The molecule has 0 atom stereocenters. The molecule has 3 heterocycles. The van der Waals surface area contributed by atoms with Crippen LogP contribution in [0.25, 0.3) is 27.7 Å². The molecule has 0 saturated carbocycles. The van der Waals surface area contributed by atoms with Crippen molar-refractivity contribution in [2.75, 3.05) is 0 Å². The van der Waals surface area contributed by atoms with Crippen molar-refractivity contribution in [2.24, 2.45) is 0 Å². The highest BCUT2D eigenvalue weighted by atomic mass is 16.5. The number of benzene rings is 1. The van der Waals surface area contributed by atoms with Gasteiger partial charge in [-0.1, -0.05) is 39.3 Å². The molecule has 0 radical (unpaired) electrons. The normalized spacial score (nSPS) is 11.7. The molecule has 0 bridgehead atoms. The van der Waals surface area contributed by atoms with Crippen LogP contribution in [0.1, 0.15) is 58.7 Å². The fraction of sp³-hybridized carbons (Fsp3) is 0.435. The van der Waals surface area contributed by atoms with Crippen molar-refractivity contribution in [3.63, 3.8) is 0 Å². The summed E-state index contributed by atoms with van der Waals surface area (Å²) in [5, 5.41) is 0.821. The lowest BCUT2D eigenvalue weighted by Crippen LogP contribution is -2.07. The van der Waals surface area contributed by atoms with Crippen LogP contribution in [0.4, 0.5) is 0 Å². The van der Waals surface area contributed by atoms with Crippen LogP contribution >= 0.6 is 0 Å². The second kappa shape index (κ2) is 8.23. The Labute approximate surface area is 170 Å². The summed E-state index contributed by atoms with van der Waals surface area (Å²) in [6, 6.07) is 8.10. The molecule has 0 saturated heterocycles. The lowest BCUT2D eigenvalue weighted by Gasteiger charge is -2.09. The van der Waals surface area contributed by atoms with Gasteiger partial charge in [0.1, 0.15) is 16.9 Å². The molecular weight excluding hydrogens is 364 g/mol. The highest BCUT2D eigenvalue weighted by Gasteiger charge is 2.22. The summed E-state index contributed by atoms with van der Waals surface area (Å²) in [6.45, 7) is 7.14. The maximum atomic E-state index is 12.3. The van der Waals surface area contributed by atoms with Crippen LogP contribution in [-0.2, 0) is 17.8 Å². The minimum absolute atomic E-state index is 0.214. The number of imidazole rings is 1. The van der Waals surface area contributed by atoms with Gasteiger partial charge >= 0.3 is 5.97 Å². The minimum atomic E-state index is -0.214. The molecule has 0 fully saturated rings. The molecule has 29 heavy (non-hydrogen) atoms. The van der Waals surface area contributed by atoms with Gasteiger partial charge in [-0.05, 0) is 31.4 Å². The van der Waals surface area contributed by atoms with Crippen LogP contribution in [0.2, 0.25) is 0 Å². The van der Waals surface area contributed by atoms with Crippen molar-refractivity contribution in [2.45, 2.75) is 65.8 Å². The summed E-state index contributed by atoms with van der Waals surface area (Å²) in [4.78, 5) is 22.2. The van der Waals surface area contributed by atoms with Crippen LogP contribution in [0.5, 0.6) is 5.75 Å². The average molecular weight is 393 g/mol. The van der Waals surface area contributed by atoms with E-state index in [2.05, 4.69) is 28.9 Å². The van der Waals surface area contributed by atoms with Gasteiger partial charge in [-0.25, -0.2) is 9.97 Å². The molecule has 3 aromatic heterocycles. The van der Waals surface area contributed by atoms with Gasteiger partial charge in [0.25, 0.3) is 0 Å². The minimum Gasteiger partial charge on any atom is -0.424 e. The lowest BCUT2D eigenvalue weighted by molar-refractivity contribution is -0.134. The zero-order valence-corrected chi connectivity index (χ0v) is 17.4. The highest BCUT2D eigenvalue weighted by Crippen LogP contribution is 2.34. The van der Waals surface area contributed by atoms with Crippen LogP contribution < -0.4 is 4.74 Å². The molecule has 6 nitrogen and oxygen atoms in total. The maximum Gasteiger partial charge on any atom is 0.311 e. The summed E-state index contributed by atoms with van der Waals surface area (Å²) in [5.74, 6) is 1.34. The van der Waals surface area contributed by atoms with Crippen LogP contribution in [0.3, 0.4) is 0 Å². The van der Waals surface area contributed by atoms with Crippen LogP contribution in [0.15, 0.2) is 30.5 Å². The predicted octanol–water partition coefficient (Wildman–Crippen LogP) is 5.30. The van der Waals surface area contributed by atoms with Gasteiger partial charge in [-0.2, -0.15) is 0 Å². The number of rotatable bonds is 8. The Hall–Kier alpha value is -2.89. The van der Waals surface area contributed by atoms with E-state index in [9.17, 15) is 4.79 Å². The van der Waals surface area contributed by atoms with Crippen molar-refractivity contribution in [1.29, 1.82) is 0 Å². The van der Waals surface area contributed by atoms with E-state index in [1.807, 2.05) is 31.3 Å². The van der Waals surface area contributed by atoms with Gasteiger partial charge in [0, 0.05) is 25.6 Å². The van der Waals surface area contributed by atoms with Gasteiger partial charge in [0.15, 0.2) is 11.4 Å². The van der Waals surface area contributed by atoms with Crippen molar-refractivity contribution < 1.29 is 9.53 Å². The van der Waals surface area contributed by atoms with Gasteiger partial charge in [-0.3, -0.25) is 9.20 Å². The summed E-state index contributed by atoms with van der Waals surface area (Å²) >= 11 is 0. The topological polar surface area (TPSA) is 61.4 Å². The molecule has 0 aliphatic rings. The molecule has 1 aromatic carbocycles. The molecule has 152 valence electrons. The van der Waals surface area contributed by atoms with E-state index in [0.29, 0.717) is 12.2 Å². The Kier molecular flexibility index (Phi) is 5.51. The maximum absolute atomic E-state index is 12.3. The number of unbranched alkanes of at least 4 members (excludes halogenated alkanes) is 1. The molecule has 0 aliphatic heterocycles. The monoisotopic (exact) mass is 392 g/mol. The van der Waals surface area contributed by atoms with Crippen molar-refractivity contribution in [3.05, 3.63) is 36.3 Å². The van der Waals surface area contributed by atoms with Crippen LogP contribution in [-0.4, -0.2) is 24.9 Å².